The third kappa shape index (κ3) is 3.00. The van der Waals surface area contributed by atoms with Crippen molar-refractivity contribution in [1.82, 2.24) is 0 Å². The maximum atomic E-state index is 13.5. The first-order chi connectivity index (χ1) is 15.9. The Morgan fingerprint density at radius 2 is 1.21 bits per heavy atom. The zero-order chi connectivity index (χ0) is 22.7. The van der Waals surface area contributed by atoms with Gasteiger partial charge in [-0.25, -0.2) is 0 Å². The molecule has 0 aliphatic heterocycles. The lowest BCUT2D eigenvalue weighted by molar-refractivity contribution is 0.490. The second kappa shape index (κ2) is 7.09. The zero-order valence-electron chi connectivity index (χ0n) is 18.2. The molecule has 5 heteroatoms. The van der Waals surface area contributed by atoms with Crippen molar-refractivity contribution in [3.63, 3.8) is 0 Å². The monoisotopic (exact) mass is 451 g/mol. The average molecular weight is 452 g/mol. The highest BCUT2D eigenvalue weighted by atomic mass is 32.2. The van der Waals surface area contributed by atoms with Gasteiger partial charge < -0.3 is 9.08 Å². The lowest BCUT2D eigenvalue weighted by Gasteiger charge is -2.17. The topological polar surface area (TPSA) is 46.6 Å². The van der Waals surface area contributed by atoms with E-state index >= 15 is 0 Å². The summed E-state index contributed by atoms with van der Waals surface area (Å²) in [5.74, 6) is 0.335. The van der Waals surface area contributed by atoms with Gasteiger partial charge in [0.05, 0.1) is 0 Å². The number of benzene rings is 6. The van der Waals surface area contributed by atoms with Gasteiger partial charge in [0.25, 0.3) is 0 Å². The average Bonchev–Trinajstić information content (AvgIpc) is 2.82. The normalized spacial score (nSPS) is 12.2. The van der Waals surface area contributed by atoms with E-state index in [2.05, 4.69) is 24.3 Å². The molecule has 0 aromatic heterocycles. The summed E-state index contributed by atoms with van der Waals surface area (Å²) in [6.45, 7) is 0. The molecule has 0 unspecified atom stereocenters. The maximum Gasteiger partial charge on any atom is 0.339 e. The van der Waals surface area contributed by atoms with E-state index in [4.69, 9.17) is 4.18 Å². The molecular weight excluding hydrogens is 430 g/mol. The van der Waals surface area contributed by atoms with Crippen LogP contribution in [0.5, 0.6) is 5.75 Å². The van der Waals surface area contributed by atoms with Crippen LogP contribution in [-0.4, -0.2) is 22.5 Å². The first-order valence-electron chi connectivity index (χ1n) is 10.7. The van der Waals surface area contributed by atoms with E-state index in [0.29, 0.717) is 11.1 Å². The van der Waals surface area contributed by atoms with E-state index in [1.165, 1.54) is 0 Å². The number of hydrogen-bond acceptors (Lipinski definition) is 4. The summed E-state index contributed by atoms with van der Waals surface area (Å²) in [5, 5.41) is 7.73. The SMILES string of the molecule is CN(C)c1cccc2c(S(=O)(=O)Oc3ccc4ccc5cccc6ccc3c4c56)cccc12. The quantitative estimate of drug-likeness (QED) is 0.225. The van der Waals surface area contributed by atoms with Crippen LogP contribution in [0.15, 0.2) is 95.9 Å². The predicted octanol–water partition coefficient (Wildman–Crippen LogP) is 6.57. The molecular formula is C28H21NO3S. The Kier molecular flexibility index (Phi) is 4.26. The summed E-state index contributed by atoms with van der Waals surface area (Å²) in [5.41, 5.74) is 0.951. The van der Waals surface area contributed by atoms with Gasteiger partial charge in [-0.05, 0) is 45.8 Å². The highest BCUT2D eigenvalue weighted by Crippen LogP contribution is 2.40. The molecule has 4 nitrogen and oxygen atoms in total. The standard InChI is InChI=1S/C28H21NO3S/c1-29(2)24-10-4-9-22-21(24)8-5-11-26(22)33(30,31)32-25-17-15-20-13-12-18-6-3-7-19-14-16-23(25)28(20)27(18)19/h3-17H,1-2H3. The van der Waals surface area contributed by atoms with E-state index in [1.54, 1.807) is 18.2 Å². The molecule has 0 radical (unpaired) electrons. The van der Waals surface area contributed by atoms with E-state index in [0.717, 1.165) is 43.4 Å². The van der Waals surface area contributed by atoms with Gasteiger partial charge in [0, 0.05) is 41.3 Å². The largest absolute Gasteiger partial charge is 0.378 e. The smallest absolute Gasteiger partial charge is 0.339 e. The van der Waals surface area contributed by atoms with Crippen molar-refractivity contribution in [2.75, 3.05) is 19.0 Å². The van der Waals surface area contributed by atoms with Crippen molar-refractivity contribution in [2.24, 2.45) is 0 Å². The summed E-state index contributed by atoms with van der Waals surface area (Å²) >= 11 is 0. The van der Waals surface area contributed by atoms with Gasteiger partial charge in [0.15, 0.2) is 5.75 Å². The molecule has 0 aliphatic carbocycles. The summed E-state index contributed by atoms with van der Waals surface area (Å²) < 4.78 is 32.9. The molecule has 6 rings (SSSR count). The number of hydrogen-bond donors (Lipinski definition) is 0. The van der Waals surface area contributed by atoms with Gasteiger partial charge in [-0.15, -0.1) is 0 Å². The van der Waals surface area contributed by atoms with Crippen LogP contribution in [0.1, 0.15) is 0 Å². The minimum absolute atomic E-state index is 0.161. The molecule has 0 spiro atoms. The molecule has 6 aromatic rings. The Bertz CT molecular complexity index is 1770. The van der Waals surface area contributed by atoms with Crippen LogP contribution in [0.2, 0.25) is 0 Å². The van der Waals surface area contributed by atoms with E-state index < -0.39 is 10.1 Å². The second-order valence-electron chi connectivity index (χ2n) is 8.48. The zero-order valence-corrected chi connectivity index (χ0v) is 19.1. The maximum absolute atomic E-state index is 13.5. The van der Waals surface area contributed by atoms with Crippen LogP contribution in [0.4, 0.5) is 5.69 Å². The Morgan fingerprint density at radius 3 is 1.97 bits per heavy atom. The van der Waals surface area contributed by atoms with Gasteiger partial charge in [-0.1, -0.05) is 66.7 Å². The predicted molar refractivity (Wildman–Crippen MR) is 136 cm³/mol. The van der Waals surface area contributed by atoms with Crippen LogP contribution >= 0.6 is 0 Å². The minimum atomic E-state index is -4.07. The molecule has 0 bridgehead atoms. The van der Waals surface area contributed by atoms with Crippen molar-refractivity contribution in [2.45, 2.75) is 4.90 Å². The van der Waals surface area contributed by atoms with E-state index in [1.807, 2.05) is 67.5 Å². The number of rotatable bonds is 4. The summed E-state index contributed by atoms with van der Waals surface area (Å²) in [7, 11) is -0.185. The van der Waals surface area contributed by atoms with Gasteiger partial charge in [-0.2, -0.15) is 8.42 Å². The van der Waals surface area contributed by atoms with Crippen LogP contribution in [0.3, 0.4) is 0 Å². The molecule has 0 atom stereocenters. The molecule has 0 saturated carbocycles. The van der Waals surface area contributed by atoms with Crippen LogP contribution in [-0.2, 0) is 10.1 Å². The fourth-order valence-corrected chi connectivity index (χ4v) is 5.98. The fourth-order valence-electron chi connectivity index (χ4n) is 4.82. The Labute approximate surface area is 192 Å². The number of fused-ring (bicyclic) bond motifs is 1. The Morgan fingerprint density at radius 1 is 0.606 bits per heavy atom. The third-order valence-corrected chi connectivity index (χ3v) is 7.59. The summed E-state index contributed by atoms with van der Waals surface area (Å²) in [4.78, 5) is 2.13. The van der Waals surface area contributed by atoms with Gasteiger partial charge in [0.2, 0.25) is 0 Å². The fraction of sp³-hybridized carbons (Fsp3) is 0.0714. The first-order valence-corrected chi connectivity index (χ1v) is 12.1. The van der Waals surface area contributed by atoms with Crippen molar-refractivity contribution in [1.29, 1.82) is 0 Å². The van der Waals surface area contributed by atoms with Gasteiger partial charge in [-0.3, -0.25) is 0 Å². The lowest BCUT2D eigenvalue weighted by Crippen LogP contribution is -2.12. The second-order valence-corrected chi connectivity index (χ2v) is 9.99. The lowest BCUT2D eigenvalue weighted by atomic mass is 9.94. The molecule has 0 amide bonds. The molecule has 6 aromatic carbocycles. The van der Waals surface area contributed by atoms with E-state index in [-0.39, 0.29) is 4.90 Å². The number of nitrogens with zero attached hydrogens (tertiary/aromatic N) is 1. The Balaban J connectivity index is 1.55. The summed E-state index contributed by atoms with van der Waals surface area (Å²) in [6, 6.07) is 28.9. The number of anilines is 1. The Hall–Kier alpha value is -3.83. The molecule has 0 fully saturated rings. The highest BCUT2D eigenvalue weighted by Gasteiger charge is 2.22. The molecule has 0 aliphatic rings. The van der Waals surface area contributed by atoms with Crippen LogP contribution in [0.25, 0.3) is 43.1 Å². The van der Waals surface area contributed by atoms with Crippen molar-refractivity contribution in [3.05, 3.63) is 91.0 Å². The third-order valence-electron chi connectivity index (χ3n) is 6.30. The molecule has 0 N–H and O–H groups in total. The van der Waals surface area contributed by atoms with Gasteiger partial charge in [0.1, 0.15) is 4.90 Å². The minimum Gasteiger partial charge on any atom is -0.378 e. The van der Waals surface area contributed by atoms with Gasteiger partial charge >= 0.3 is 10.1 Å². The summed E-state index contributed by atoms with van der Waals surface area (Å²) in [6.07, 6.45) is 0. The highest BCUT2D eigenvalue weighted by molar-refractivity contribution is 7.87. The van der Waals surface area contributed by atoms with Crippen molar-refractivity contribution in [3.8, 4) is 5.75 Å². The first kappa shape index (κ1) is 19.8. The van der Waals surface area contributed by atoms with Crippen LogP contribution < -0.4 is 9.08 Å². The molecule has 162 valence electrons. The molecule has 0 saturated heterocycles. The van der Waals surface area contributed by atoms with Crippen LogP contribution in [0, 0.1) is 0 Å². The van der Waals surface area contributed by atoms with E-state index in [9.17, 15) is 8.42 Å². The molecule has 33 heavy (non-hydrogen) atoms. The van der Waals surface area contributed by atoms with Crippen molar-refractivity contribution >= 4 is 58.9 Å². The molecule has 0 heterocycles. The van der Waals surface area contributed by atoms with Crippen molar-refractivity contribution < 1.29 is 12.6 Å².